The summed E-state index contributed by atoms with van der Waals surface area (Å²) in [4.78, 5) is 3.16. The van der Waals surface area contributed by atoms with Gasteiger partial charge in [-0.25, -0.2) is 4.39 Å². The van der Waals surface area contributed by atoms with Crippen LogP contribution in [0.3, 0.4) is 0 Å². The molecule has 2 N–H and O–H groups in total. The van der Waals surface area contributed by atoms with E-state index in [0.717, 1.165) is 49.9 Å². The van der Waals surface area contributed by atoms with Gasteiger partial charge in [-0.15, -0.1) is 0 Å². The maximum Gasteiger partial charge on any atom is 0.127 e. The molecule has 1 saturated heterocycles. The number of halogens is 2. The highest BCUT2D eigenvalue weighted by Crippen LogP contribution is 2.08. The highest BCUT2D eigenvalue weighted by molar-refractivity contribution is 6.30. The minimum absolute atomic E-state index is 0.135. The van der Waals surface area contributed by atoms with Crippen molar-refractivity contribution in [1.29, 1.82) is 0 Å². The zero-order chi connectivity index (χ0) is 15.4. The van der Waals surface area contributed by atoms with Gasteiger partial charge in [-0.3, -0.25) is 0 Å². The van der Waals surface area contributed by atoms with Crippen molar-refractivity contribution in [1.82, 2.24) is 0 Å². The molecule has 0 radical (unpaired) electrons. The molecule has 0 aliphatic carbocycles. The molecule has 2 nitrogen and oxygen atoms in total. The molecule has 0 bridgehead atoms. The van der Waals surface area contributed by atoms with Gasteiger partial charge >= 0.3 is 0 Å². The Balaban J connectivity index is 1.49. The van der Waals surface area contributed by atoms with Gasteiger partial charge < -0.3 is 9.80 Å². The van der Waals surface area contributed by atoms with Gasteiger partial charge in [-0.1, -0.05) is 35.9 Å². The lowest BCUT2D eigenvalue weighted by Gasteiger charge is -2.29. The first-order valence-corrected chi connectivity index (χ1v) is 8.23. The molecule has 3 rings (SSSR count). The van der Waals surface area contributed by atoms with Crippen molar-refractivity contribution in [2.75, 3.05) is 26.2 Å². The second-order valence-corrected chi connectivity index (χ2v) is 6.55. The molecule has 1 heterocycles. The van der Waals surface area contributed by atoms with E-state index < -0.39 is 0 Å². The van der Waals surface area contributed by atoms with Crippen LogP contribution in [0.15, 0.2) is 48.5 Å². The van der Waals surface area contributed by atoms with Gasteiger partial charge in [0.1, 0.15) is 45.1 Å². The summed E-state index contributed by atoms with van der Waals surface area (Å²) in [6, 6.07) is 15.1. The Morgan fingerprint density at radius 1 is 0.818 bits per heavy atom. The summed E-state index contributed by atoms with van der Waals surface area (Å²) in [6.45, 7) is 6.58. The molecule has 1 aliphatic heterocycles. The van der Waals surface area contributed by atoms with Crippen molar-refractivity contribution in [2.24, 2.45) is 0 Å². The van der Waals surface area contributed by atoms with Gasteiger partial charge in [0.25, 0.3) is 0 Å². The molecule has 0 atom stereocenters. The van der Waals surface area contributed by atoms with Crippen LogP contribution in [0.25, 0.3) is 0 Å². The molecule has 4 heteroatoms. The van der Waals surface area contributed by atoms with Crippen LogP contribution in [0, 0.1) is 5.82 Å². The largest absolute Gasteiger partial charge is 0.322 e. The first kappa shape index (κ1) is 15.5. The number of hydrogen-bond donors (Lipinski definition) is 2. The second kappa shape index (κ2) is 7.23. The van der Waals surface area contributed by atoms with Gasteiger partial charge in [0.05, 0.1) is 0 Å². The number of benzene rings is 2. The number of rotatable bonds is 4. The van der Waals surface area contributed by atoms with Gasteiger partial charge in [0.15, 0.2) is 0 Å². The lowest BCUT2D eigenvalue weighted by Crippen LogP contribution is -3.27. The molecule has 116 valence electrons. The van der Waals surface area contributed by atoms with Crippen LogP contribution >= 0.6 is 11.6 Å². The Labute approximate surface area is 136 Å². The van der Waals surface area contributed by atoms with Crippen LogP contribution in [0.2, 0.25) is 5.02 Å². The van der Waals surface area contributed by atoms with E-state index in [1.165, 1.54) is 11.6 Å². The summed E-state index contributed by atoms with van der Waals surface area (Å²) in [6.07, 6.45) is 0. The zero-order valence-electron chi connectivity index (χ0n) is 12.6. The third-order valence-corrected chi connectivity index (χ3v) is 4.63. The normalized spacial score (nSPS) is 21.7. The number of quaternary nitrogens is 2. The van der Waals surface area contributed by atoms with E-state index in [0.29, 0.717) is 0 Å². The Kier molecular flexibility index (Phi) is 5.08. The van der Waals surface area contributed by atoms with Crippen molar-refractivity contribution in [2.45, 2.75) is 13.1 Å². The minimum atomic E-state index is -0.135. The summed E-state index contributed by atoms with van der Waals surface area (Å²) in [5.41, 5.74) is 2.43. The lowest BCUT2D eigenvalue weighted by molar-refractivity contribution is -1.02. The average molecular weight is 321 g/mol. The van der Waals surface area contributed by atoms with Gasteiger partial charge in [-0.05, 0) is 24.3 Å². The summed E-state index contributed by atoms with van der Waals surface area (Å²) in [7, 11) is 0. The van der Waals surface area contributed by atoms with Gasteiger partial charge in [-0.2, -0.15) is 0 Å². The molecule has 0 aromatic heterocycles. The van der Waals surface area contributed by atoms with Crippen LogP contribution in [-0.4, -0.2) is 26.2 Å². The van der Waals surface area contributed by atoms with Crippen molar-refractivity contribution < 1.29 is 14.2 Å². The third-order valence-electron chi connectivity index (χ3n) is 4.37. The Bertz CT molecular complexity index is 607. The monoisotopic (exact) mass is 320 g/mol. The van der Waals surface area contributed by atoms with Crippen LogP contribution in [0.5, 0.6) is 0 Å². The molecule has 1 aliphatic rings. The van der Waals surface area contributed by atoms with E-state index in [-0.39, 0.29) is 5.82 Å². The molecular formula is C18H22ClFN2+2. The topological polar surface area (TPSA) is 8.88 Å². The summed E-state index contributed by atoms with van der Waals surface area (Å²) >= 11 is 5.92. The van der Waals surface area contributed by atoms with Crippen LogP contribution in [0.1, 0.15) is 11.1 Å². The van der Waals surface area contributed by atoms with E-state index >= 15 is 0 Å². The predicted octanol–water partition coefficient (Wildman–Crippen LogP) is 0.963. The van der Waals surface area contributed by atoms with Crippen LogP contribution in [0.4, 0.5) is 4.39 Å². The van der Waals surface area contributed by atoms with Gasteiger partial charge in [0, 0.05) is 16.1 Å². The first-order valence-electron chi connectivity index (χ1n) is 7.85. The summed E-state index contributed by atoms with van der Waals surface area (Å²) < 4.78 is 13.2. The van der Waals surface area contributed by atoms with Crippen LogP contribution in [-0.2, 0) is 13.1 Å². The quantitative estimate of drug-likeness (QED) is 0.830. The van der Waals surface area contributed by atoms with E-state index in [2.05, 4.69) is 12.1 Å². The second-order valence-electron chi connectivity index (χ2n) is 6.11. The van der Waals surface area contributed by atoms with Gasteiger partial charge in [0.2, 0.25) is 0 Å². The molecule has 0 saturated carbocycles. The number of piperazine rings is 1. The summed E-state index contributed by atoms with van der Waals surface area (Å²) in [5, 5.41) is 0.795. The Morgan fingerprint density at radius 3 is 2.00 bits per heavy atom. The number of hydrogen-bond acceptors (Lipinski definition) is 0. The zero-order valence-corrected chi connectivity index (χ0v) is 13.4. The molecular weight excluding hydrogens is 299 g/mol. The van der Waals surface area contributed by atoms with Crippen LogP contribution < -0.4 is 9.80 Å². The van der Waals surface area contributed by atoms with E-state index in [9.17, 15) is 4.39 Å². The average Bonchev–Trinajstić information content (AvgIpc) is 2.52. The molecule has 2 aromatic carbocycles. The Morgan fingerprint density at radius 2 is 1.41 bits per heavy atom. The molecule has 1 fully saturated rings. The fourth-order valence-electron chi connectivity index (χ4n) is 3.14. The first-order chi connectivity index (χ1) is 10.7. The maximum absolute atomic E-state index is 13.2. The fourth-order valence-corrected chi connectivity index (χ4v) is 3.26. The minimum Gasteiger partial charge on any atom is -0.322 e. The van der Waals surface area contributed by atoms with Crippen molar-refractivity contribution in [3.05, 3.63) is 70.5 Å². The summed E-state index contributed by atoms with van der Waals surface area (Å²) in [5.74, 6) is -0.135. The van der Waals surface area contributed by atoms with E-state index in [4.69, 9.17) is 11.6 Å². The molecule has 0 spiro atoms. The lowest BCUT2D eigenvalue weighted by atomic mass is 10.1. The fraction of sp³-hybridized carbons (Fsp3) is 0.333. The smallest absolute Gasteiger partial charge is 0.127 e. The number of nitrogens with one attached hydrogen (secondary N) is 2. The van der Waals surface area contributed by atoms with E-state index in [1.54, 1.807) is 21.9 Å². The van der Waals surface area contributed by atoms with E-state index in [1.807, 2.05) is 18.2 Å². The molecule has 22 heavy (non-hydrogen) atoms. The highest BCUT2D eigenvalue weighted by Gasteiger charge is 2.23. The maximum atomic E-state index is 13.2. The Hall–Kier alpha value is -1.42. The predicted molar refractivity (Wildman–Crippen MR) is 86.7 cm³/mol. The van der Waals surface area contributed by atoms with Crippen molar-refractivity contribution in [3.8, 4) is 0 Å². The van der Waals surface area contributed by atoms with Crippen molar-refractivity contribution >= 4 is 11.6 Å². The van der Waals surface area contributed by atoms with Crippen molar-refractivity contribution in [3.63, 3.8) is 0 Å². The highest BCUT2D eigenvalue weighted by atomic mass is 35.5. The SMILES string of the molecule is Fc1cccc(C[NH+]2CC[NH+](Cc3ccc(Cl)cc3)CC2)c1. The molecule has 0 amide bonds. The third kappa shape index (κ3) is 4.29. The standard InChI is InChI=1S/C18H20ClFN2/c19-17-6-4-15(5-7-17)13-21-8-10-22(11-9-21)14-16-2-1-3-18(20)12-16/h1-7,12H,8-11,13-14H2/p+2. The molecule has 0 unspecified atom stereocenters. The molecule has 2 aromatic rings.